The number of aliphatic imine (C=N–C) groups is 1. The lowest BCUT2D eigenvalue weighted by molar-refractivity contribution is 0.395. The molecule has 3 aromatic rings. The smallest absolute Gasteiger partial charge is 0.180 e. The van der Waals surface area contributed by atoms with Crippen molar-refractivity contribution in [3.8, 4) is 11.5 Å². The summed E-state index contributed by atoms with van der Waals surface area (Å²) in [5.41, 5.74) is 8.87. The van der Waals surface area contributed by atoms with Crippen LogP contribution < -0.4 is 20.5 Å². The van der Waals surface area contributed by atoms with Crippen molar-refractivity contribution >= 4 is 34.5 Å². The summed E-state index contributed by atoms with van der Waals surface area (Å²) in [6, 6.07) is 9.17. The van der Waals surface area contributed by atoms with E-state index in [1.54, 1.807) is 39.7 Å². The Morgan fingerprint density at radius 2 is 1.85 bits per heavy atom. The third-order valence-corrected chi connectivity index (χ3v) is 3.77. The van der Waals surface area contributed by atoms with Crippen LogP contribution >= 0.6 is 0 Å². The van der Waals surface area contributed by atoms with E-state index in [0.29, 0.717) is 39.7 Å². The molecule has 2 aromatic heterocycles. The van der Waals surface area contributed by atoms with Gasteiger partial charge in [-0.1, -0.05) is 0 Å². The number of hydrogen-bond acceptors (Lipinski definition) is 8. The first-order valence-corrected chi connectivity index (χ1v) is 8.15. The molecule has 0 saturated heterocycles. The molecule has 0 aliphatic heterocycles. The van der Waals surface area contributed by atoms with Crippen molar-refractivity contribution in [2.45, 2.75) is 0 Å². The zero-order chi connectivity index (χ0) is 19.2. The summed E-state index contributed by atoms with van der Waals surface area (Å²) in [6.07, 6.45) is 4.71. The molecular weight excluding hydrogens is 344 g/mol. The van der Waals surface area contributed by atoms with Crippen LogP contribution in [0.1, 0.15) is 5.69 Å². The number of allylic oxidation sites excluding steroid dienone is 1. The Bertz CT molecular complexity index is 994. The Morgan fingerprint density at radius 3 is 2.48 bits per heavy atom. The average molecular weight is 364 g/mol. The van der Waals surface area contributed by atoms with Crippen molar-refractivity contribution in [1.82, 2.24) is 15.0 Å². The van der Waals surface area contributed by atoms with Crippen LogP contribution in [0.15, 0.2) is 47.7 Å². The zero-order valence-electron chi connectivity index (χ0n) is 15.3. The molecule has 0 radical (unpaired) electrons. The minimum absolute atomic E-state index is 0.496. The van der Waals surface area contributed by atoms with Crippen LogP contribution in [-0.4, -0.2) is 42.4 Å². The number of benzene rings is 1. The van der Waals surface area contributed by atoms with E-state index in [-0.39, 0.29) is 0 Å². The molecule has 1 aromatic carbocycles. The fraction of sp³-hybridized carbons (Fsp3) is 0.158. The molecule has 0 unspecified atom stereocenters. The molecule has 0 aliphatic rings. The highest BCUT2D eigenvalue weighted by atomic mass is 16.5. The van der Waals surface area contributed by atoms with Crippen molar-refractivity contribution in [1.29, 1.82) is 0 Å². The second kappa shape index (κ2) is 8.13. The molecule has 0 saturated carbocycles. The molecule has 3 N–H and O–H groups in total. The van der Waals surface area contributed by atoms with Gasteiger partial charge in [-0.05, 0) is 12.1 Å². The van der Waals surface area contributed by atoms with Crippen LogP contribution in [-0.2, 0) is 0 Å². The van der Waals surface area contributed by atoms with E-state index in [4.69, 9.17) is 15.2 Å². The Morgan fingerprint density at radius 1 is 1.11 bits per heavy atom. The molecule has 0 amide bonds. The van der Waals surface area contributed by atoms with Crippen molar-refractivity contribution in [2.24, 2.45) is 10.7 Å². The number of nitrogens with one attached hydrogen (secondary N) is 1. The van der Waals surface area contributed by atoms with Gasteiger partial charge in [-0.2, -0.15) is 0 Å². The van der Waals surface area contributed by atoms with Gasteiger partial charge in [0.05, 0.1) is 26.1 Å². The predicted octanol–water partition coefficient (Wildman–Crippen LogP) is 2.79. The minimum Gasteiger partial charge on any atom is -0.497 e. The highest BCUT2D eigenvalue weighted by Crippen LogP contribution is 2.28. The van der Waals surface area contributed by atoms with Crippen LogP contribution in [0.2, 0.25) is 0 Å². The lowest BCUT2D eigenvalue weighted by atomic mass is 10.2. The predicted molar refractivity (Wildman–Crippen MR) is 107 cm³/mol. The third kappa shape index (κ3) is 4.12. The van der Waals surface area contributed by atoms with E-state index >= 15 is 0 Å². The maximum atomic E-state index is 5.64. The Kier molecular flexibility index (Phi) is 5.46. The van der Waals surface area contributed by atoms with Crippen LogP contribution in [0.3, 0.4) is 0 Å². The molecule has 8 heteroatoms. The van der Waals surface area contributed by atoms with Crippen molar-refractivity contribution in [3.05, 3.63) is 48.4 Å². The van der Waals surface area contributed by atoms with Gasteiger partial charge < -0.3 is 20.5 Å². The van der Waals surface area contributed by atoms with Gasteiger partial charge >= 0.3 is 0 Å². The van der Waals surface area contributed by atoms with Gasteiger partial charge in [0.1, 0.15) is 22.8 Å². The lowest BCUT2D eigenvalue weighted by Gasteiger charge is -2.10. The third-order valence-electron chi connectivity index (χ3n) is 3.77. The molecule has 8 nitrogen and oxygen atoms in total. The second-order valence-electron chi connectivity index (χ2n) is 5.53. The average Bonchev–Trinajstić information content (AvgIpc) is 2.71. The SMILES string of the molecule is CN=C/C(=C\N)c1cnc2ccc(Nc3cc(OC)cc(OC)c3)nc2n1. The van der Waals surface area contributed by atoms with Crippen LogP contribution in [0.25, 0.3) is 16.7 Å². The number of pyridine rings is 1. The van der Waals surface area contributed by atoms with Gasteiger partial charge in [0.15, 0.2) is 5.65 Å². The highest BCUT2D eigenvalue weighted by molar-refractivity contribution is 6.08. The first-order valence-electron chi connectivity index (χ1n) is 8.15. The van der Waals surface area contributed by atoms with E-state index < -0.39 is 0 Å². The van der Waals surface area contributed by atoms with Crippen LogP contribution in [0, 0.1) is 0 Å². The fourth-order valence-corrected chi connectivity index (χ4v) is 2.47. The maximum Gasteiger partial charge on any atom is 0.180 e. The molecule has 138 valence electrons. The summed E-state index contributed by atoms with van der Waals surface area (Å²) in [5, 5.41) is 3.23. The standard InChI is InChI=1S/C19H20N6O2/c1-21-10-12(9-20)17-11-22-16-4-5-18(25-19(16)24-17)23-13-6-14(26-2)8-15(7-13)27-3/h4-11H,20H2,1-3H3,(H,23,24,25)/b12-9+,21-10?. The van der Waals surface area contributed by atoms with Gasteiger partial charge in [-0.15, -0.1) is 0 Å². The minimum atomic E-state index is 0.496. The molecule has 3 rings (SSSR count). The van der Waals surface area contributed by atoms with E-state index in [1.165, 1.54) is 6.20 Å². The fourth-order valence-electron chi connectivity index (χ4n) is 2.47. The molecule has 0 atom stereocenters. The number of fused-ring (bicyclic) bond motifs is 1. The van der Waals surface area contributed by atoms with E-state index in [9.17, 15) is 0 Å². The zero-order valence-corrected chi connectivity index (χ0v) is 15.3. The number of rotatable bonds is 6. The Labute approximate surface area is 156 Å². The number of nitrogens with two attached hydrogens (primary N) is 1. The van der Waals surface area contributed by atoms with Crippen molar-refractivity contribution in [3.63, 3.8) is 0 Å². The van der Waals surface area contributed by atoms with Crippen molar-refractivity contribution in [2.75, 3.05) is 26.6 Å². The van der Waals surface area contributed by atoms with Gasteiger partial charge in [0.2, 0.25) is 0 Å². The van der Waals surface area contributed by atoms with Gasteiger partial charge in [0.25, 0.3) is 0 Å². The molecule has 0 aliphatic carbocycles. The normalized spacial score (nSPS) is 11.7. The molecule has 0 spiro atoms. The van der Waals surface area contributed by atoms with Gasteiger partial charge in [-0.3, -0.25) is 9.98 Å². The molecular formula is C19H20N6O2. The molecule has 0 bridgehead atoms. The van der Waals surface area contributed by atoms with E-state index in [2.05, 4.69) is 25.3 Å². The van der Waals surface area contributed by atoms with Crippen LogP contribution in [0.5, 0.6) is 11.5 Å². The molecule has 0 fully saturated rings. The highest BCUT2D eigenvalue weighted by Gasteiger charge is 2.07. The Hall–Kier alpha value is -3.68. The summed E-state index contributed by atoms with van der Waals surface area (Å²) >= 11 is 0. The van der Waals surface area contributed by atoms with Gasteiger partial charge in [-0.25, -0.2) is 9.97 Å². The summed E-state index contributed by atoms with van der Waals surface area (Å²) in [5.74, 6) is 1.97. The summed E-state index contributed by atoms with van der Waals surface area (Å²) in [7, 11) is 4.87. The molecule has 27 heavy (non-hydrogen) atoms. The first kappa shape index (κ1) is 18.1. The van der Waals surface area contributed by atoms with Crippen LogP contribution in [0.4, 0.5) is 11.5 Å². The number of nitrogens with zero attached hydrogens (tertiary/aromatic N) is 4. The Balaban J connectivity index is 1.96. The monoisotopic (exact) mass is 364 g/mol. The number of methoxy groups -OCH3 is 2. The largest absolute Gasteiger partial charge is 0.497 e. The first-order chi connectivity index (χ1) is 13.2. The topological polar surface area (TPSA) is 108 Å². The lowest BCUT2D eigenvalue weighted by Crippen LogP contribution is -2.00. The molecule has 2 heterocycles. The number of hydrogen-bond donors (Lipinski definition) is 2. The number of anilines is 2. The van der Waals surface area contributed by atoms with E-state index in [0.717, 1.165) is 5.69 Å². The summed E-state index contributed by atoms with van der Waals surface area (Å²) in [4.78, 5) is 17.4. The number of aromatic nitrogens is 3. The van der Waals surface area contributed by atoms with E-state index in [1.807, 2.05) is 24.3 Å². The van der Waals surface area contributed by atoms with Crippen molar-refractivity contribution < 1.29 is 9.47 Å². The summed E-state index contributed by atoms with van der Waals surface area (Å²) < 4.78 is 10.6. The second-order valence-corrected chi connectivity index (χ2v) is 5.53. The maximum absolute atomic E-state index is 5.64. The van der Waals surface area contributed by atoms with Gasteiger partial charge in [0, 0.05) is 48.9 Å². The summed E-state index contributed by atoms with van der Waals surface area (Å²) in [6.45, 7) is 0. The quantitative estimate of drug-likeness (QED) is 0.648. The number of ether oxygens (including phenoxy) is 2.